The van der Waals surface area contributed by atoms with Crippen molar-refractivity contribution in [1.29, 1.82) is 0 Å². The summed E-state index contributed by atoms with van der Waals surface area (Å²) in [5.74, 6) is -1.30. The van der Waals surface area contributed by atoms with E-state index < -0.39 is 34.3 Å². The fraction of sp³-hybridized carbons (Fsp3) is 0.355. The van der Waals surface area contributed by atoms with Crippen molar-refractivity contribution in [3.63, 3.8) is 0 Å². The van der Waals surface area contributed by atoms with Crippen LogP contribution in [0.15, 0.2) is 83.8 Å². The lowest BCUT2D eigenvalue weighted by Crippen LogP contribution is -2.53. The van der Waals surface area contributed by atoms with Crippen LogP contribution < -0.4 is 14.4 Å². The zero-order valence-corrected chi connectivity index (χ0v) is 24.1. The van der Waals surface area contributed by atoms with Gasteiger partial charge in [0.2, 0.25) is 11.8 Å². The van der Waals surface area contributed by atoms with Crippen LogP contribution in [0.25, 0.3) is 0 Å². The number of carbonyl (C=O) groups excluding carboxylic acids is 2. The zero-order chi connectivity index (χ0) is 29.4. The smallest absolute Gasteiger partial charge is 0.264 e. The van der Waals surface area contributed by atoms with Crippen LogP contribution in [0.3, 0.4) is 0 Å². The van der Waals surface area contributed by atoms with Gasteiger partial charge in [-0.2, -0.15) is 0 Å². The lowest BCUT2D eigenvalue weighted by atomic mass is 9.95. The molecule has 1 aliphatic rings. The molecule has 0 radical (unpaired) electrons. The lowest BCUT2D eigenvalue weighted by Gasteiger charge is -2.33. The molecular formula is C31H36FN3O5S. The van der Waals surface area contributed by atoms with Gasteiger partial charge in [0.1, 0.15) is 24.2 Å². The second kappa shape index (κ2) is 13.6. The summed E-state index contributed by atoms with van der Waals surface area (Å²) in [4.78, 5) is 28.6. The number of nitrogens with one attached hydrogen (secondary N) is 1. The molecule has 2 amide bonds. The Morgan fingerprint density at radius 3 is 2.27 bits per heavy atom. The zero-order valence-electron chi connectivity index (χ0n) is 23.3. The third-order valence-corrected chi connectivity index (χ3v) is 9.16. The predicted octanol–water partition coefficient (Wildman–Crippen LogP) is 4.90. The number of halogens is 1. The van der Waals surface area contributed by atoms with E-state index in [0.717, 1.165) is 36.4 Å². The van der Waals surface area contributed by atoms with E-state index in [-0.39, 0.29) is 40.4 Å². The van der Waals surface area contributed by atoms with Crippen molar-refractivity contribution in [2.24, 2.45) is 0 Å². The number of benzene rings is 3. The van der Waals surface area contributed by atoms with Crippen molar-refractivity contribution in [2.75, 3.05) is 18.0 Å². The Kier molecular flexibility index (Phi) is 9.99. The Morgan fingerprint density at radius 2 is 1.59 bits per heavy atom. The van der Waals surface area contributed by atoms with Gasteiger partial charge in [0, 0.05) is 18.2 Å². The summed E-state index contributed by atoms with van der Waals surface area (Å²) < 4.78 is 48.9. The highest BCUT2D eigenvalue weighted by molar-refractivity contribution is 7.92. The standard InChI is InChI=1S/C31H36FN3O5S/c1-23(31(37)33-25-14-5-3-6-15-25)34(21-24-13-9-10-18-27(24)32)30(36)22-35(28-19-11-12-20-29(28)40-2)41(38,39)26-16-7-4-8-17-26/h4,7-13,16-20,23,25H,3,5-6,14-15,21-22H2,1-2H3,(H,33,37)/t23-/m1/s1. The van der Waals surface area contributed by atoms with Crippen LogP contribution in [0.2, 0.25) is 0 Å². The maximum absolute atomic E-state index is 14.7. The summed E-state index contributed by atoms with van der Waals surface area (Å²) in [7, 11) is -2.82. The Balaban J connectivity index is 1.70. The molecule has 3 aromatic rings. The second-order valence-corrected chi connectivity index (χ2v) is 12.0. The third kappa shape index (κ3) is 7.24. The maximum Gasteiger partial charge on any atom is 0.264 e. The largest absolute Gasteiger partial charge is 0.495 e. The molecule has 218 valence electrons. The number of rotatable bonds is 11. The topological polar surface area (TPSA) is 96.0 Å². The first-order chi connectivity index (χ1) is 19.7. The molecular weight excluding hydrogens is 545 g/mol. The maximum atomic E-state index is 14.7. The van der Waals surface area contributed by atoms with Crippen LogP contribution >= 0.6 is 0 Å². The number of carbonyl (C=O) groups is 2. The third-order valence-electron chi connectivity index (χ3n) is 7.38. The van der Waals surface area contributed by atoms with Gasteiger partial charge in [-0.3, -0.25) is 13.9 Å². The summed E-state index contributed by atoms with van der Waals surface area (Å²) in [5, 5.41) is 3.04. The number of para-hydroxylation sites is 2. The van der Waals surface area contributed by atoms with E-state index in [4.69, 9.17) is 4.74 Å². The van der Waals surface area contributed by atoms with Crippen molar-refractivity contribution in [3.05, 3.63) is 90.2 Å². The highest BCUT2D eigenvalue weighted by Crippen LogP contribution is 2.32. The molecule has 4 rings (SSSR count). The summed E-state index contributed by atoms with van der Waals surface area (Å²) >= 11 is 0. The van der Waals surface area contributed by atoms with Gasteiger partial charge in [0.05, 0.1) is 17.7 Å². The fourth-order valence-electron chi connectivity index (χ4n) is 5.03. The van der Waals surface area contributed by atoms with Crippen LogP contribution in [0.5, 0.6) is 5.75 Å². The molecule has 1 N–H and O–H groups in total. The highest BCUT2D eigenvalue weighted by Gasteiger charge is 2.34. The monoisotopic (exact) mass is 581 g/mol. The van der Waals surface area contributed by atoms with Gasteiger partial charge >= 0.3 is 0 Å². The Hall–Kier alpha value is -3.92. The van der Waals surface area contributed by atoms with Crippen molar-refractivity contribution in [2.45, 2.75) is 62.6 Å². The summed E-state index contributed by atoms with van der Waals surface area (Å²) in [5.41, 5.74) is 0.380. The Morgan fingerprint density at radius 1 is 0.951 bits per heavy atom. The number of methoxy groups -OCH3 is 1. The lowest BCUT2D eigenvalue weighted by molar-refractivity contribution is -0.139. The number of hydrogen-bond donors (Lipinski definition) is 1. The molecule has 1 aliphatic carbocycles. The number of sulfonamides is 1. The number of ether oxygens (including phenoxy) is 1. The average Bonchev–Trinajstić information content (AvgIpc) is 3.00. The highest BCUT2D eigenvalue weighted by atomic mass is 32.2. The van der Waals surface area contributed by atoms with Gasteiger partial charge in [-0.1, -0.05) is 67.8 Å². The van der Waals surface area contributed by atoms with Gasteiger partial charge in [-0.25, -0.2) is 12.8 Å². The van der Waals surface area contributed by atoms with E-state index in [2.05, 4.69) is 5.32 Å². The van der Waals surface area contributed by atoms with Gasteiger partial charge in [-0.15, -0.1) is 0 Å². The minimum absolute atomic E-state index is 0.00708. The normalized spacial score (nSPS) is 14.6. The fourth-order valence-corrected chi connectivity index (χ4v) is 6.48. The van der Waals surface area contributed by atoms with Crippen molar-refractivity contribution < 1.29 is 27.1 Å². The van der Waals surface area contributed by atoms with E-state index in [9.17, 15) is 22.4 Å². The van der Waals surface area contributed by atoms with Gasteiger partial charge in [0.15, 0.2) is 0 Å². The minimum atomic E-state index is -4.23. The molecule has 0 spiro atoms. The van der Waals surface area contributed by atoms with Crippen LogP contribution in [0.1, 0.15) is 44.6 Å². The van der Waals surface area contributed by atoms with E-state index in [1.165, 1.54) is 30.2 Å². The molecule has 41 heavy (non-hydrogen) atoms. The number of anilines is 1. The molecule has 10 heteroatoms. The summed E-state index contributed by atoms with van der Waals surface area (Å²) in [6.45, 7) is 0.735. The van der Waals surface area contributed by atoms with E-state index in [1.54, 1.807) is 67.6 Å². The van der Waals surface area contributed by atoms with Crippen LogP contribution in [-0.2, 0) is 26.2 Å². The van der Waals surface area contributed by atoms with E-state index >= 15 is 0 Å². The molecule has 0 aromatic heterocycles. The molecule has 1 saturated carbocycles. The van der Waals surface area contributed by atoms with Crippen molar-refractivity contribution in [1.82, 2.24) is 10.2 Å². The number of amides is 2. The number of nitrogens with zero attached hydrogens (tertiary/aromatic N) is 2. The quantitative estimate of drug-likeness (QED) is 0.348. The molecule has 8 nitrogen and oxygen atoms in total. The van der Waals surface area contributed by atoms with Crippen LogP contribution in [0, 0.1) is 5.82 Å². The van der Waals surface area contributed by atoms with Gasteiger partial charge in [-0.05, 0) is 50.1 Å². The minimum Gasteiger partial charge on any atom is -0.495 e. The molecule has 0 unspecified atom stereocenters. The van der Waals surface area contributed by atoms with Crippen LogP contribution in [0.4, 0.5) is 10.1 Å². The summed E-state index contributed by atoms with van der Waals surface area (Å²) in [6.07, 6.45) is 4.87. The van der Waals surface area contributed by atoms with Crippen LogP contribution in [-0.4, -0.2) is 50.9 Å². The SMILES string of the molecule is COc1ccccc1N(CC(=O)N(Cc1ccccc1F)[C@H](C)C(=O)NC1CCCCC1)S(=O)(=O)c1ccccc1. The summed E-state index contributed by atoms with van der Waals surface area (Å²) in [6, 6.07) is 19.3. The first-order valence-electron chi connectivity index (χ1n) is 13.8. The Labute approximate surface area is 241 Å². The Bertz CT molecular complexity index is 1440. The molecule has 0 aliphatic heterocycles. The molecule has 3 aromatic carbocycles. The van der Waals surface area contributed by atoms with Crippen molar-refractivity contribution in [3.8, 4) is 5.75 Å². The second-order valence-electron chi connectivity index (χ2n) is 10.1. The van der Waals surface area contributed by atoms with E-state index in [1.807, 2.05) is 0 Å². The average molecular weight is 582 g/mol. The number of hydrogen-bond acceptors (Lipinski definition) is 5. The molecule has 1 atom stereocenters. The predicted molar refractivity (Wildman–Crippen MR) is 155 cm³/mol. The van der Waals surface area contributed by atoms with Crippen molar-refractivity contribution >= 4 is 27.5 Å². The van der Waals surface area contributed by atoms with E-state index in [0.29, 0.717) is 0 Å². The first-order valence-corrected chi connectivity index (χ1v) is 15.2. The van der Waals surface area contributed by atoms with Gasteiger partial charge < -0.3 is 15.0 Å². The molecule has 0 heterocycles. The molecule has 0 saturated heterocycles. The molecule has 1 fully saturated rings. The van der Waals surface area contributed by atoms with Gasteiger partial charge in [0.25, 0.3) is 10.0 Å². The first kappa shape index (κ1) is 30.0. The molecule has 0 bridgehead atoms.